The van der Waals surface area contributed by atoms with Gasteiger partial charge in [-0.3, -0.25) is 9.52 Å². The number of hydrogen-bond acceptors (Lipinski definition) is 3. The predicted molar refractivity (Wildman–Crippen MR) is 116 cm³/mol. The standard InChI is InChI=1S/C20H16BrClN2O3S/c1-13-5-2-3-8-18(13)24-28(26,27)19-11-14(9-10-17(19)22)20(25)23-16-7-4-6-15(21)12-16/h2-12,24H,1H3,(H,23,25). The number of sulfonamides is 1. The van der Waals surface area contributed by atoms with E-state index in [4.69, 9.17) is 11.6 Å². The first-order chi connectivity index (χ1) is 13.3. The fraction of sp³-hybridized carbons (Fsp3) is 0.0500. The van der Waals surface area contributed by atoms with Crippen LogP contribution in [0.2, 0.25) is 5.02 Å². The Labute approximate surface area is 176 Å². The maximum Gasteiger partial charge on any atom is 0.263 e. The van der Waals surface area contributed by atoms with Crippen LogP contribution < -0.4 is 10.0 Å². The summed E-state index contributed by atoms with van der Waals surface area (Å²) in [5, 5.41) is 2.76. The SMILES string of the molecule is Cc1ccccc1NS(=O)(=O)c1cc(C(=O)Nc2cccc(Br)c2)ccc1Cl. The highest BCUT2D eigenvalue weighted by Crippen LogP contribution is 2.27. The fourth-order valence-corrected chi connectivity index (χ4v) is 4.56. The maximum atomic E-state index is 12.8. The van der Waals surface area contributed by atoms with Gasteiger partial charge in [0.05, 0.1) is 10.7 Å². The van der Waals surface area contributed by atoms with Crippen LogP contribution in [0.3, 0.4) is 0 Å². The molecule has 0 unspecified atom stereocenters. The second-order valence-electron chi connectivity index (χ2n) is 6.03. The number of carbonyl (C=O) groups excluding carboxylic acids is 1. The molecule has 0 saturated carbocycles. The molecule has 0 spiro atoms. The minimum absolute atomic E-state index is 0.0279. The molecule has 0 bridgehead atoms. The molecule has 0 radical (unpaired) electrons. The molecule has 2 N–H and O–H groups in total. The normalized spacial score (nSPS) is 11.1. The molecule has 5 nitrogen and oxygen atoms in total. The summed E-state index contributed by atoms with van der Waals surface area (Å²) in [5.74, 6) is -0.442. The lowest BCUT2D eigenvalue weighted by atomic mass is 10.2. The number of carbonyl (C=O) groups is 1. The molecule has 0 aromatic heterocycles. The van der Waals surface area contributed by atoms with E-state index < -0.39 is 15.9 Å². The third-order valence-electron chi connectivity index (χ3n) is 3.95. The second-order valence-corrected chi connectivity index (χ2v) is 9.00. The number of hydrogen-bond donors (Lipinski definition) is 2. The Morgan fingerprint density at radius 1 is 1.00 bits per heavy atom. The van der Waals surface area contributed by atoms with Crippen LogP contribution in [-0.2, 0) is 10.0 Å². The lowest BCUT2D eigenvalue weighted by Gasteiger charge is -2.13. The highest BCUT2D eigenvalue weighted by Gasteiger charge is 2.21. The zero-order valence-corrected chi connectivity index (χ0v) is 17.9. The largest absolute Gasteiger partial charge is 0.322 e. The van der Waals surface area contributed by atoms with Crippen LogP contribution in [0.1, 0.15) is 15.9 Å². The summed E-state index contributed by atoms with van der Waals surface area (Å²) >= 11 is 9.45. The monoisotopic (exact) mass is 478 g/mol. The van der Waals surface area contributed by atoms with Gasteiger partial charge in [0.1, 0.15) is 4.90 Å². The van der Waals surface area contributed by atoms with Crippen molar-refractivity contribution < 1.29 is 13.2 Å². The van der Waals surface area contributed by atoms with Gasteiger partial charge in [-0.2, -0.15) is 0 Å². The smallest absolute Gasteiger partial charge is 0.263 e. The van der Waals surface area contributed by atoms with Crippen LogP contribution in [-0.4, -0.2) is 14.3 Å². The molecule has 28 heavy (non-hydrogen) atoms. The molecule has 0 fully saturated rings. The molecule has 3 rings (SSSR count). The number of para-hydroxylation sites is 1. The van der Waals surface area contributed by atoms with Crippen LogP contribution in [0.25, 0.3) is 0 Å². The van der Waals surface area contributed by atoms with Gasteiger partial charge in [0, 0.05) is 15.7 Å². The summed E-state index contributed by atoms with van der Waals surface area (Å²) in [7, 11) is -3.97. The average Bonchev–Trinajstić information content (AvgIpc) is 2.63. The molecule has 0 heterocycles. The number of amides is 1. The van der Waals surface area contributed by atoms with Crippen molar-refractivity contribution in [2.45, 2.75) is 11.8 Å². The van der Waals surface area contributed by atoms with Crippen LogP contribution >= 0.6 is 27.5 Å². The molecule has 1 amide bonds. The first-order valence-corrected chi connectivity index (χ1v) is 10.9. The average molecular weight is 480 g/mol. The van der Waals surface area contributed by atoms with E-state index in [1.54, 1.807) is 43.3 Å². The van der Waals surface area contributed by atoms with Crippen LogP contribution in [0.15, 0.2) is 76.1 Å². The summed E-state index contributed by atoms with van der Waals surface area (Å²) < 4.78 is 29.0. The predicted octanol–water partition coefficient (Wildman–Crippen LogP) is 5.46. The number of nitrogens with one attached hydrogen (secondary N) is 2. The zero-order valence-electron chi connectivity index (χ0n) is 14.7. The van der Waals surface area contributed by atoms with Gasteiger partial charge >= 0.3 is 0 Å². The van der Waals surface area contributed by atoms with Crippen molar-refractivity contribution >= 4 is 54.8 Å². The Hall–Kier alpha value is -2.35. The summed E-state index contributed by atoms with van der Waals surface area (Å²) in [6.07, 6.45) is 0. The van der Waals surface area contributed by atoms with E-state index in [9.17, 15) is 13.2 Å². The van der Waals surface area contributed by atoms with Crippen molar-refractivity contribution in [3.63, 3.8) is 0 Å². The molecule has 0 saturated heterocycles. The molecular weight excluding hydrogens is 464 g/mol. The second kappa shape index (κ2) is 8.34. The lowest BCUT2D eigenvalue weighted by molar-refractivity contribution is 0.102. The van der Waals surface area contributed by atoms with Gasteiger partial charge in [-0.25, -0.2) is 8.42 Å². The van der Waals surface area contributed by atoms with Crippen molar-refractivity contribution in [2.75, 3.05) is 10.0 Å². The van der Waals surface area contributed by atoms with Crippen LogP contribution in [0, 0.1) is 6.92 Å². The molecule has 3 aromatic carbocycles. The van der Waals surface area contributed by atoms with E-state index in [0.717, 1.165) is 10.0 Å². The van der Waals surface area contributed by atoms with Gasteiger partial charge in [0.2, 0.25) is 0 Å². The van der Waals surface area contributed by atoms with E-state index in [0.29, 0.717) is 11.4 Å². The Morgan fingerprint density at radius 3 is 2.46 bits per heavy atom. The van der Waals surface area contributed by atoms with Crippen molar-refractivity contribution in [1.82, 2.24) is 0 Å². The Morgan fingerprint density at radius 2 is 1.75 bits per heavy atom. The zero-order chi connectivity index (χ0) is 20.3. The highest BCUT2D eigenvalue weighted by atomic mass is 79.9. The van der Waals surface area contributed by atoms with Crippen molar-refractivity contribution in [3.05, 3.63) is 87.4 Å². The number of aryl methyl sites for hydroxylation is 1. The molecule has 144 valence electrons. The van der Waals surface area contributed by atoms with Gasteiger partial charge in [-0.05, 0) is 55.0 Å². The Bertz CT molecular complexity index is 1150. The van der Waals surface area contributed by atoms with Gasteiger partial charge in [-0.1, -0.05) is 51.8 Å². The molecule has 3 aromatic rings. The van der Waals surface area contributed by atoms with Gasteiger partial charge in [0.25, 0.3) is 15.9 Å². The van der Waals surface area contributed by atoms with Crippen molar-refractivity contribution in [3.8, 4) is 0 Å². The first kappa shape index (κ1) is 20.4. The number of rotatable bonds is 5. The minimum Gasteiger partial charge on any atom is -0.322 e. The minimum atomic E-state index is -3.97. The topological polar surface area (TPSA) is 75.3 Å². The molecular formula is C20H16BrClN2O3S. The van der Waals surface area contributed by atoms with Crippen molar-refractivity contribution in [1.29, 1.82) is 0 Å². The van der Waals surface area contributed by atoms with E-state index in [-0.39, 0.29) is 15.5 Å². The van der Waals surface area contributed by atoms with Gasteiger partial charge < -0.3 is 5.32 Å². The molecule has 8 heteroatoms. The number of anilines is 2. The van der Waals surface area contributed by atoms with Crippen LogP contribution in [0.4, 0.5) is 11.4 Å². The summed E-state index contributed by atoms with van der Waals surface area (Å²) in [5.41, 5.74) is 1.97. The quantitative estimate of drug-likeness (QED) is 0.510. The third-order valence-corrected chi connectivity index (χ3v) is 6.30. The number of benzene rings is 3. The summed E-state index contributed by atoms with van der Waals surface area (Å²) in [6, 6.07) is 18.2. The third kappa shape index (κ3) is 4.73. The van der Waals surface area contributed by atoms with Crippen molar-refractivity contribution in [2.24, 2.45) is 0 Å². The molecule has 0 aliphatic heterocycles. The van der Waals surface area contributed by atoms with Gasteiger partial charge in [-0.15, -0.1) is 0 Å². The first-order valence-electron chi connectivity index (χ1n) is 8.21. The van der Waals surface area contributed by atoms with E-state index in [2.05, 4.69) is 26.0 Å². The van der Waals surface area contributed by atoms with E-state index in [1.165, 1.54) is 18.2 Å². The van der Waals surface area contributed by atoms with Gasteiger partial charge in [0.15, 0.2) is 0 Å². The summed E-state index contributed by atoms with van der Waals surface area (Å²) in [4.78, 5) is 12.4. The Kier molecular flexibility index (Phi) is 6.07. The lowest BCUT2D eigenvalue weighted by Crippen LogP contribution is -2.17. The molecule has 0 atom stereocenters. The molecule has 0 aliphatic rings. The van der Waals surface area contributed by atoms with Crippen LogP contribution in [0.5, 0.6) is 0 Å². The Balaban J connectivity index is 1.90. The maximum absolute atomic E-state index is 12.8. The molecule has 0 aliphatic carbocycles. The highest BCUT2D eigenvalue weighted by molar-refractivity contribution is 9.10. The summed E-state index contributed by atoms with van der Waals surface area (Å²) in [6.45, 7) is 1.79. The number of halogens is 2. The van der Waals surface area contributed by atoms with E-state index in [1.807, 2.05) is 12.1 Å². The fourth-order valence-electron chi connectivity index (χ4n) is 2.51. The van der Waals surface area contributed by atoms with E-state index >= 15 is 0 Å².